The number of phenols is 1. The zero-order valence-corrected chi connectivity index (χ0v) is 13.3. The van der Waals surface area contributed by atoms with Crippen LogP contribution in [0.25, 0.3) is 11.6 Å². The Morgan fingerprint density at radius 1 is 1.17 bits per heavy atom. The van der Waals surface area contributed by atoms with Crippen molar-refractivity contribution in [3.8, 4) is 17.2 Å². The van der Waals surface area contributed by atoms with Gasteiger partial charge in [-0.25, -0.2) is 4.79 Å². The zero-order chi connectivity index (χ0) is 17.0. The molecule has 0 fully saturated rings. The summed E-state index contributed by atoms with van der Waals surface area (Å²) in [5.74, 6) is -0.568. The molecule has 5 nitrogen and oxygen atoms in total. The van der Waals surface area contributed by atoms with Crippen LogP contribution in [-0.4, -0.2) is 30.4 Å². The van der Waals surface area contributed by atoms with Gasteiger partial charge >= 0.3 is 5.97 Å². The lowest BCUT2D eigenvalue weighted by Crippen LogP contribution is -2.00. The summed E-state index contributed by atoms with van der Waals surface area (Å²) in [4.78, 5) is 11.6. The Labute approximate surface area is 138 Å². The highest BCUT2D eigenvalue weighted by Gasteiger charge is 2.14. The third-order valence-electron chi connectivity index (χ3n) is 3.19. The molecule has 0 bridgehead atoms. The molecule has 0 atom stereocenters. The molecule has 120 valence electrons. The first-order valence-corrected chi connectivity index (χ1v) is 7.00. The summed E-state index contributed by atoms with van der Waals surface area (Å²) in [6.07, 6.45) is 1.45. The molecule has 0 aliphatic carbocycles. The quantitative estimate of drug-likeness (QED) is 0.644. The second-order valence-electron chi connectivity index (χ2n) is 4.65. The van der Waals surface area contributed by atoms with Gasteiger partial charge < -0.3 is 19.7 Å². The van der Waals surface area contributed by atoms with Gasteiger partial charge in [-0.05, 0) is 41.5 Å². The summed E-state index contributed by atoms with van der Waals surface area (Å²) in [7, 11) is 2.90. The van der Waals surface area contributed by atoms with Crippen LogP contribution in [0.5, 0.6) is 17.2 Å². The molecular formula is C17H15ClO5. The summed E-state index contributed by atoms with van der Waals surface area (Å²) < 4.78 is 10.1. The molecule has 0 aliphatic heterocycles. The van der Waals surface area contributed by atoms with Crippen LogP contribution in [0.1, 0.15) is 11.1 Å². The van der Waals surface area contributed by atoms with Crippen molar-refractivity contribution in [2.24, 2.45) is 0 Å². The first-order valence-electron chi connectivity index (χ1n) is 6.62. The van der Waals surface area contributed by atoms with Gasteiger partial charge in [0.1, 0.15) is 5.75 Å². The Hall–Kier alpha value is -2.66. The molecule has 2 aromatic carbocycles. The Morgan fingerprint density at radius 2 is 1.91 bits per heavy atom. The monoisotopic (exact) mass is 334 g/mol. The number of phenolic OH excluding ortho intramolecular Hbond substituents is 1. The molecule has 0 saturated heterocycles. The lowest BCUT2D eigenvalue weighted by molar-refractivity contribution is -0.130. The average molecular weight is 335 g/mol. The van der Waals surface area contributed by atoms with Gasteiger partial charge in [0.05, 0.1) is 24.8 Å². The van der Waals surface area contributed by atoms with E-state index in [9.17, 15) is 15.0 Å². The predicted molar refractivity (Wildman–Crippen MR) is 88.2 cm³/mol. The van der Waals surface area contributed by atoms with Crippen molar-refractivity contribution in [2.45, 2.75) is 0 Å². The summed E-state index contributed by atoms with van der Waals surface area (Å²) in [6.45, 7) is 0. The molecule has 0 aromatic heterocycles. The highest BCUT2D eigenvalue weighted by atomic mass is 35.5. The maximum Gasteiger partial charge on any atom is 0.336 e. The third kappa shape index (κ3) is 3.76. The van der Waals surface area contributed by atoms with Gasteiger partial charge in [0, 0.05) is 0 Å². The Morgan fingerprint density at radius 3 is 2.52 bits per heavy atom. The number of benzene rings is 2. The minimum absolute atomic E-state index is 0.0627. The molecule has 0 heterocycles. The van der Waals surface area contributed by atoms with E-state index in [0.29, 0.717) is 16.9 Å². The van der Waals surface area contributed by atoms with Crippen molar-refractivity contribution < 1.29 is 24.5 Å². The molecule has 2 rings (SSSR count). The summed E-state index contributed by atoms with van der Waals surface area (Å²) >= 11 is 5.93. The number of rotatable bonds is 5. The Balaban J connectivity index is 2.55. The number of ether oxygens (including phenoxy) is 2. The van der Waals surface area contributed by atoms with E-state index < -0.39 is 5.97 Å². The largest absolute Gasteiger partial charge is 0.503 e. The number of halogens is 1. The normalized spacial score (nSPS) is 11.2. The molecular weight excluding hydrogens is 320 g/mol. The van der Waals surface area contributed by atoms with Crippen molar-refractivity contribution in [2.75, 3.05) is 14.2 Å². The first-order chi connectivity index (χ1) is 11.0. The van der Waals surface area contributed by atoms with Crippen LogP contribution in [-0.2, 0) is 4.79 Å². The molecule has 0 aliphatic rings. The second kappa shape index (κ2) is 7.07. The average Bonchev–Trinajstić information content (AvgIpc) is 2.55. The molecule has 0 amide bonds. The van der Waals surface area contributed by atoms with E-state index in [-0.39, 0.29) is 22.1 Å². The summed E-state index contributed by atoms with van der Waals surface area (Å²) in [5, 5.41) is 19.3. The van der Waals surface area contributed by atoms with E-state index in [2.05, 4.69) is 0 Å². The van der Waals surface area contributed by atoms with E-state index in [1.54, 1.807) is 24.3 Å². The molecule has 6 heteroatoms. The van der Waals surface area contributed by atoms with Crippen LogP contribution in [0.4, 0.5) is 0 Å². The number of aliphatic carboxylic acids is 1. The van der Waals surface area contributed by atoms with Crippen molar-refractivity contribution in [1.29, 1.82) is 0 Å². The number of methoxy groups -OCH3 is 2. The van der Waals surface area contributed by atoms with Crippen LogP contribution in [0, 0.1) is 0 Å². The maximum absolute atomic E-state index is 11.6. The molecule has 0 radical (unpaired) electrons. The fourth-order valence-corrected chi connectivity index (χ4v) is 2.28. The Kier molecular flexibility index (Phi) is 5.13. The van der Waals surface area contributed by atoms with Crippen molar-refractivity contribution in [1.82, 2.24) is 0 Å². The topological polar surface area (TPSA) is 76.0 Å². The van der Waals surface area contributed by atoms with Crippen LogP contribution < -0.4 is 9.47 Å². The highest BCUT2D eigenvalue weighted by molar-refractivity contribution is 6.32. The highest BCUT2D eigenvalue weighted by Crippen LogP contribution is 2.36. The van der Waals surface area contributed by atoms with Gasteiger partial charge in [0.15, 0.2) is 11.5 Å². The molecule has 2 aromatic rings. The van der Waals surface area contributed by atoms with Gasteiger partial charge in [-0.1, -0.05) is 23.7 Å². The number of aromatic hydroxyl groups is 1. The van der Waals surface area contributed by atoms with E-state index in [4.69, 9.17) is 21.1 Å². The molecule has 23 heavy (non-hydrogen) atoms. The van der Waals surface area contributed by atoms with Crippen LogP contribution in [0.3, 0.4) is 0 Å². The molecule has 0 saturated carbocycles. The number of carboxylic acid groups (broad SMARTS) is 1. The number of carbonyl (C=O) groups is 1. The van der Waals surface area contributed by atoms with Gasteiger partial charge in [-0.3, -0.25) is 0 Å². The Bertz CT molecular complexity index is 768. The summed E-state index contributed by atoms with van der Waals surface area (Å²) in [6, 6.07) is 9.69. The van der Waals surface area contributed by atoms with Gasteiger partial charge in [-0.2, -0.15) is 0 Å². The van der Waals surface area contributed by atoms with Crippen molar-refractivity contribution in [3.05, 3.63) is 52.5 Å². The maximum atomic E-state index is 11.6. The van der Waals surface area contributed by atoms with Gasteiger partial charge in [0.25, 0.3) is 0 Å². The standard InChI is InChI=1S/C17H15ClO5/c1-22-12-5-3-4-11(9-12)13(17(20)21)6-10-7-14(18)16(19)15(8-10)23-2/h3-9,19H,1-2H3,(H,20,21)/b13-6-. The van der Waals surface area contributed by atoms with E-state index in [0.717, 1.165) is 0 Å². The zero-order valence-electron chi connectivity index (χ0n) is 12.5. The third-order valence-corrected chi connectivity index (χ3v) is 3.48. The van der Waals surface area contributed by atoms with Crippen LogP contribution >= 0.6 is 11.6 Å². The van der Waals surface area contributed by atoms with E-state index in [1.165, 1.54) is 32.4 Å². The van der Waals surface area contributed by atoms with Gasteiger partial charge in [0.2, 0.25) is 0 Å². The van der Waals surface area contributed by atoms with Gasteiger partial charge in [-0.15, -0.1) is 0 Å². The number of hydrogen-bond acceptors (Lipinski definition) is 4. The van der Waals surface area contributed by atoms with Crippen LogP contribution in [0.15, 0.2) is 36.4 Å². The molecule has 0 unspecified atom stereocenters. The molecule has 0 spiro atoms. The molecule has 2 N–H and O–H groups in total. The predicted octanol–water partition coefficient (Wildman–Crippen LogP) is 3.69. The smallest absolute Gasteiger partial charge is 0.336 e. The number of carboxylic acids is 1. The minimum atomic E-state index is -1.10. The van der Waals surface area contributed by atoms with Crippen LogP contribution in [0.2, 0.25) is 5.02 Å². The van der Waals surface area contributed by atoms with Crippen molar-refractivity contribution in [3.63, 3.8) is 0 Å². The fraction of sp³-hybridized carbons (Fsp3) is 0.118. The van der Waals surface area contributed by atoms with E-state index in [1.807, 2.05) is 0 Å². The first kappa shape index (κ1) is 16.7. The summed E-state index contributed by atoms with van der Waals surface area (Å²) in [5.41, 5.74) is 1.04. The lowest BCUT2D eigenvalue weighted by atomic mass is 10.0. The van der Waals surface area contributed by atoms with E-state index >= 15 is 0 Å². The number of hydrogen-bond donors (Lipinski definition) is 2. The fourth-order valence-electron chi connectivity index (χ4n) is 2.06. The van der Waals surface area contributed by atoms with Crippen molar-refractivity contribution >= 4 is 29.2 Å². The second-order valence-corrected chi connectivity index (χ2v) is 5.06. The minimum Gasteiger partial charge on any atom is -0.503 e. The lowest BCUT2D eigenvalue weighted by Gasteiger charge is -2.09. The SMILES string of the molecule is COc1cccc(/C(=C/c2cc(Cl)c(O)c(OC)c2)C(=O)O)c1.